The zero-order valence-electron chi connectivity index (χ0n) is 15.0. The first-order valence-electron chi connectivity index (χ1n) is 9.54. The molecule has 0 saturated carbocycles. The first-order chi connectivity index (χ1) is 13.4. The minimum Gasteiger partial charge on any atom is -0.362 e. The monoisotopic (exact) mass is 345 g/mol. The van der Waals surface area contributed by atoms with Crippen molar-refractivity contribution in [1.29, 1.82) is 0 Å². The minimum absolute atomic E-state index is 0.957. The van der Waals surface area contributed by atoms with Crippen LogP contribution in [0.1, 0.15) is 11.1 Å². The number of fused-ring (bicyclic) bond motifs is 4. The van der Waals surface area contributed by atoms with E-state index in [1.165, 1.54) is 50.2 Å². The Morgan fingerprint density at radius 3 is 1.96 bits per heavy atom. The number of hydrogen-bond donors (Lipinski definition) is 0. The van der Waals surface area contributed by atoms with Gasteiger partial charge in [0.25, 0.3) is 0 Å². The van der Waals surface area contributed by atoms with Crippen LogP contribution in [0.2, 0.25) is 0 Å². The highest BCUT2D eigenvalue weighted by Crippen LogP contribution is 2.50. The predicted octanol–water partition coefficient (Wildman–Crippen LogP) is 6.52. The van der Waals surface area contributed by atoms with E-state index in [9.17, 15) is 0 Å². The summed E-state index contributed by atoms with van der Waals surface area (Å²) in [5.74, 6) is 0. The predicted molar refractivity (Wildman–Crippen MR) is 113 cm³/mol. The molecule has 0 spiro atoms. The third-order valence-corrected chi connectivity index (χ3v) is 5.92. The van der Waals surface area contributed by atoms with E-state index in [1.807, 2.05) is 0 Å². The Kier molecular flexibility index (Phi) is 3.06. The van der Waals surface area contributed by atoms with Gasteiger partial charge in [0.15, 0.2) is 0 Å². The summed E-state index contributed by atoms with van der Waals surface area (Å²) < 4.78 is 0. The Hall–Kier alpha value is -3.32. The van der Waals surface area contributed by atoms with Gasteiger partial charge in [-0.25, -0.2) is 0 Å². The molecule has 4 aromatic rings. The quantitative estimate of drug-likeness (QED) is 0.379. The minimum atomic E-state index is 0.957. The van der Waals surface area contributed by atoms with Crippen LogP contribution in [0.25, 0.3) is 33.4 Å². The normalized spacial score (nSPS) is 13.6. The van der Waals surface area contributed by atoms with Gasteiger partial charge in [-0.05, 0) is 33.4 Å². The maximum Gasteiger partial charge on any atom is 0.0531 e. The zero-order valence-corrected chi connectivity index (χ0v) is 15.0. The summed E-state index contributed by atoms with van der Waals surface area (Å²) in [7, 11) is 0. The Morgan fingerprint density at radius 1 is 0.481 bits per heavy atom. The van der Waals surface area contributed by atoms with Crippen molar-refractivity contribution in [1.82, 2.24) is 0 Å². The highest BCUT2D eigenvalue weighted by molar-refractivity contribution is 5.97. The number of hydrogen-bond acceptors (Lipinski definition) is 1. The van der Waals surface area contributed by atoms with E-state index >= 15 is 0 Å². The second-order valence-electron chi connectivity index (χ2n) is 7.41. The van der Waals surface area contributed by atoms with Gasteiger partial charge in [0.2, 0.25) is 0 Å². The fraction of sp³-hybridized carbons (Fsp3) is 0.0769. The third kappa shape index (κ3) is 2.12. The molecule has 2 heterocycles. The molecule has 4 aromatic carbocycles. The first kappa shape index (κ1) is 14.8. The van der Waals surface area contributed by atoms with E-state index in [2.05, 4.69) is 95.9 Å². The Morgan fingerprint density at radius 2 is 1.11 bits per heavy atom. The van der Waals surface area contributed by atoms with Crippen molar-refractivity contribution in [3.05, 3.63) is 102 Å². The fourth-order valence-corrected chi connectivity index (χ4v) is 4.75. The van der Waals surface area contributed by atoms with E-state index < -0.39 is 0 Å². The van der Waals surface area contributed by atoms with Crippen LogP contribution in [0.5, 0.6) is 0 Å². The van der Waals surface area contributed by atoms with E-state index in [1.54, 1.807) is 0 Å². The van der Waals surface area contributed by atoms with Crippen LogP contribution in [-0.4, -0.2) is 0 Å². The largest absolute Gasteiger partial charge is 0.362 e. The number of rotatable bonds is 1. The molecule has 0 N–H and O–H groups in total. The third-order valence-electron chi connectivity index (χ3n) is 5.92. The molecule has 0 bridgehead atoms. The molecule has 1 heteroatoms. The molecule has 0 atom stereocenters. The van der Waals surface area contributed by atoms with E-state index in [0.717, 1.165) is 13.1 Å². The van der Waals surface area contributed by atoms with Crippen LogP contribution in [0, 0.1) is 0 Å². The summed E-state index contributed by atoms with van der Waals surface area (Å²) in [5, 5.41) is 0. The molecular weight excluding hydrogens is 326 g/mol. The molecule has 128 valence electrons. The Balaban J connectivity index is 1.63. The molecule has 0 saturated heterocycles. The number of nitrogens with zero attached hydrogens (tertiary/aromatic N) is 1. The van der Waals surface area contributed by atoms with Gasteiger partial charge >= 0.3 is 0 Å². The summed E-state index contributed by atoms with van der Waals surface area (Å²) >= 11 is 0. The summed E-state index contributed by atoms with van der Waals surface area (Å²) in [5.41, 5.74) is 12.4. The van der Waals surface area contributed by atoms with Crippen LogP contribution in [0.4, 0.5) is 5.69 Å². The standard InChI is InChI=1S/C26H19N/c1-2-8-18(9-3-1)20-12-6-13-22-24-15-7-14-23-21-11-5-4-10-19(21)16-27(26(23)24)17-25(20)22/h1-15H,16-17H2. The van der Waals surface area contributed by atoms with Crippen molar-refractivity contribution >= 4 is 5.69 Å². The lowest BCUT2D eigenvalue weighted by Gasteiger charge is -2.39. The Bertz CT molecular complexity index is 1170. The molecule has 1 nitrogen and oxygen atoms in total. The SMILES string of the molecule is c1ccc(-c2cccc3c2CN2Cc4ccccc4-c4cccc-3c42)cc1. The second-order valence-corrected chi connectivity index (χ2v) is 7.41. The van der Waals surface area contributed by atoms with Gasteiger partial charge in [-0.15, -0.1) is 0 Å². The lowest BCUT2D eigenvalue weighted by Crippen LogP contribution is -2.29. The molecule has 0 unspecified atom stereocenters. The molecule has 0 aromatic heterocycles. The molecule has 0 aliphatic carbocycles. The van der Waals surface area contributed by atoms with Crippen LogP contribution in [0.15, 0.2) is 91.0 Å². The van der Waals surface area contributed by atoms with Crippen molar-refractivity contribution < 1.29 is 0 Å². The molecule has 0 radical (unpaired) electrons. The molecule has 0 amide bonds. The molecular formula is C26H19N. The van der Waals surface area contributed by atoms with Gasteiger partial charge in [-0.3, -0.25) is 0 Å². The lowest BCUT2D eigenvalue weighted by atomic mass is 9.82. The smallest absolute Gasteiger partial charge is 0.0531 e. The summed E-state index contributed by atoms with van der Waals surface area (Å²) in [6, 6.07) is 33.1. The van der Waals surface area contributed by atoms with Crippen molar-refractivity contribution in [3.8, 4) is 33.4 Å². The average molecular weight is 345 g/mol. The molecule has 2 aliphatic rings. The number of anilines is 1. The molecule has 2 aliphatic heterocycles. The van der Waals surface area contributed by atoms with Crippen molar-refractivity contribution in [2.45, 2.75) is 13.1 Å². The topological polar surface area (TPSA) is 3.24 Å². The average Bonchev–Trinajstić information content (AvgIpc) is 2.74. The van der Waals surface area contributed by atoms with Gasteiger partial charge in [0.1, 0.15) is 0 Å². The van der Waals surface area contributed by atoms with Crippen molar-refractivity contribution in [2.75, 3.05) is 4.90 Å². The summed E-state index contributed by atoms with van der Waals surface area (Å²) in [4.78, 5) is 2.56. The summed E-state index contributed by atoms with van der Waals surface area (Å²) in [6.07, 6.45) is 0. The van der Waals surface area contributed by atoms with Crippen LogP contribution < -0.4 is 4.90 Å². The maximum atomic E-state index is 2.56. The zero-order chi connectivity index (χ0) is 17.8. The Labute approximate surface area is 159 Å². The highest BCUT2D eigenvalue weighted by Gasteiger charge is 2.30. The van der Waals surface area contributed by atoms with Crippen LogP contribution in [0.3, 0.4) is 0 Å². The van der Waals surface area contributed by atoms with Crippen molar-refractivity contribution in [3.63, 3.8) is 0 Å². The lowest BCUT2D eigenvalue weighted by molar-refractivity contribution is 0.786. The van der Waals surface area contributed by atoms with Gasteiger partial charge in [0.05, 0.1) is 5.69 Å². The first-order valence-corrected chi connectivity index (χ1v) is 9.54. The molecule has 27 heavy (non-hydrogen) atoms. The van der Waals surface area contributed by atoms with Gasteiger partial charge < -0.3 is 4.90 Å². The molecule has 6 rings (SSSR count). The van der Waals surface area contributed by atoms with E-state index in [0.29, 0.717) is 0 Å². The maximum absolute atomic E-state index is 2.56. The van der Waals surface area contributed by atoms with Gasteiger partial charge in [-0.2, -0.15) is 0 Å². The fourth-order valence-electron chi connectivity index (χ4n) is 4.75. The number of para-hydroxylation sites is 1. The van der Waals surface area contributed by atoms with Crippen molar-refractivity contribution in [2.24, 2.45) is 0 Å². The summed E-state index contributed by atoms with van der Waals surface area (Å²) in [6.45, 7) is 1.93. The van der Waals surface area contributed by atoms with E-state index in [-0.39, 0.29) is 0 Å². The van der Waals surface area contributed by atoms with Crippen LogP contribution >= 0.6 is 0 Å². The van der Waals surface area contributed by atoms with Crippen LogP contribution in [-0.2, 0) is 13.1 Å². The van der Waals surface area contributed by atoms with Gasteiger partial charge in [-0.1, -0.05) is 91.0 Å². The molecule has 0 fully saturated rings. The highest BCUT2D eigenvalue weighted by atomic mass is 15.1. The van der Waals surface area contributed by atoms with Gasteiger partial charge in [0, 0.05) is 24.2 Å². The second kappa shape index (κ2) is 5.59. The van der Waals surface area contributed by atoms with E-state index in [4.69, 9.17) is 0 Å². The number of benzene rings is 4.